The number of nitrogen functional groups attached to an aromatic ring is 1. The number of pyridine rings is 1. The first kappa shape index (κ1) is 16.3. The molecular formula is C13H20F2N4O. The Balaban J connectivity index is 3.14. The number of halogens is 2. The molecule has 0 aliphatic rings. The minimum atomic E-state index is -2.57. The van der Waals surface area contributed by atoms with Crippen molar-refractivity contribution < 1.29 is 13.6 Å². The van der Waals surface area contributed by atoms with Gasteiger partial charge in [0.05, 0.1) is 6.54 Å². The minimum Gasteiger partial charge on any atom is -0.336 e. The van der Waals surface area contributed by atoms with E-state index in [4.69, 9.17) is 5.84 Å². The van der Waals surface area contributed by atoms with E-state index < -0.39 is 18.9 Å². The van der Waals surface area contributed by atoms with Crippen LogP contribution in [0.15, 0.2) is 12.1 Å². The summed E-state index contributed by atoms with van der Waals surface area (Å²) in [5.74, 6) is 5.16. The second kappa shape index (κ2) is 6.13. The van der Waals surface area contributed by atoms with Gasteiger partial charge in [-0.15, -0.1) is 0 Å². The molecule has 112 valence electrons. The van der Waals surface area contributed by atoms with Crippen LogP contribution in [-0.4, -0.2) is 35.8 Å². The van der Waals surface area contributed by atoms with Crippen molar-refractivity contribution in [1.82, 2.24) is 9.88 Å². The second-order valence-electron chi connectivity index (χ2n) is 5.60. The Kier molecular flexibility index (Phi) is 4.99. The number of nitrogens with two attached hydrogens (primary N) is 1. The largest absolute Gasteiger partial charge is 0.336 e. The summed E-state index contributed by atoms with van der Waals surface area (Å²) in [5, 5.41) is 0. The van der Waals surface area contributed by atoms with Crippen molar-refractivity contribution in [3.8, 4) is 0 Å². The molecule has 0 spiro atoms. The Labute approximate surface area is 117 Å². The van der Waals surface area contributed by atoms with E-state index in [0.29, 0.717) is 11.5 Å². The van der Waals surface area contributed by atoms with Gasteiger partial charge in [-0.05, 0) is 12.1 Å². The van der Waals surface area contributed by atoms with Crippen LogP contribution in [0.2, 0.25) is 0 Å². The van der Waals surface area contributed by atoms with Gasteiger partial charge in [-0.1, -0.05) is 20.8 Å². The Hall–Kier alpha value is -1.76. The van der Waals surface area contributed by atoms with Gasteiger partial charge in [-0.2, -0.15) is 0 Å². The van der Waals surface area contributed by atoms with E-state index in [2.05, 4.69) is 10.4 Å². The zero-order chi connectivity index (χ0) is 15.5. The molecule has 0 fully saturated rings. The van der Waals surface area contributed by atoms with Crippen LogP contribution in [0.25, 0.3) is 0 Å². The number of hydrogen-bond acceptors (Lipinski definition) is 4. The fourth-order valence-corrected chi connectivity index (χ4v) is 1.62. The summed E-state index contributed by atoms with van der Waals surface area (Å²) >= 11 is 0. The lowest BCUT2D eigenvalue weighted by molar-refractivity contribution is 0.0620. The number of carbonyl (C=O) groups is 1. The first-order valence-electron chi connectivity index (χ1n) is 6.18. The van der Waals surface area contributed by atoms with Crippen molar-refractivity contribution in [2.75, 3.05) is 19.0 Å². The average Bonchev–Trinajstić information content (AvgIpc) is 2.35. The van der Waals surface area contributed by atoms with Crippen molar-refractivity contribution in [1.29, 1.82) is 0 Å². The van der Waals surface area contributed by atoms with Gasteiger partial charge >= 0.3 is 0 Å². The Morgan fingerprint density at radius 3 is 2.50 bits per heavy atom. The standard InChI is InChI=1S/C13H20F2N4O/c1-13(2,3)9-5-8(6-11(17-9)18-16)12(20)19(4)7-10(14)15/h5-6,10H,7,16H2,1-4H3,(H,17,18). The van der Waals surface area contributed by atoms with Gasteiger partial charge in [-0.25, -0.2) is 19.6 Å². The van der Waals surface area contributed by atoms with Crippen molar-refractivity contribution in [3.63, 3.8) is 0 Å². The normalized spacial score (nSPS) is 11.6. The van der Waals surface area contributed by atoms with Gasteiger partial charge in [0.2, 0.25) is 0 Å². The number of amides is 1. The van der Waals surface area contributed by atoms with Crippen molar-refractivity contribution >= 4 is 11.7 Å². The number of alkyl halides is 2. The molecule has 1 aromatic rings. The van der Waals surface area contributed by atoms with Gasteiger partial charge in [0.15, 0.2) is 0 Å². The highest BCUT2D eigenvalue weighted by Gasteiger charge is 2.21. The molecule has 0 bridgehead atoms. The molecule has 7 heteroatoms. The Morgan fingerprint density at radius 2 is 2.05 bits per heavy atom. The lowest BCUT2D eigenvalue weighted by Gasteiger charge is -2.21. The summed E-state index contributed by atoms with van der Waals surface area (Å²) in [7, 11) is 1.33. The highest BCUT2D eigenvalue weighted by molar-refractivity contribution is 5.95. The molecule has 1 aromatic heterocycles. The fraction of sp³-hybridized carbons (Fsp3) is 0.538. The van der Waals surface area contributed by atoms with Gasteiger partial charge < -0.3 is 10.3 Å². The lowest BCUT2D eigenvalue weighted by atomic mass is 9.90. The molecule has 20 heavy (non-hydrogen) atoms. The van der Waals surface area contributed by atoms with E-state index in [1.54, 1.807) is 6.07 Å². The molecule has 1 amide bonds. The molecule has 0 saturated heterocycles. The molecule has 0 aliphatic heterocycles. The molecule has 0 saturated carbocycles. The maximum atomic E-state index is 12.3. The third-order valence-electron chi connectivity index (χ3n) is 2.75. The predicted octanol–water partition coefficient (Wildman–Crippen LogP) is 2.00. The topological polar surface area (TPSA) is 71.2 Å². The second-order valence-corrected chi connectivity index (χ2v) is 5.60. The highest BCUT2D eigenvalue weighted by Crippen LogP contribution is 2.23. The van der Waals surface area contributed by atoms with E-state index in [0.717, 1.165) is 4.90 Å². The molecule has 1 heterocycles. The number of hydrogen-bond donors (Lipinski definition) is 2. The number of nitrogens with zero attached hydrogens (tertiary/aromatic N) is 2. The average molecular weight is 286 g/mol. The summed E-state index contributed by atoms with van der Waals surface area (Å²) in [5.41, 5.74) is 3.03. The smallest absolute Gasteiger partial charge is 0.255 e. The van der Waals surface area contributed by atoms with E-state index in [1.165, 1.54) is 13.1 Å². The number of aromatic nitrogens is 1. The van der Waals surface area contributed by atoms with E-state index in [1.807, 2.05) is 20.8 Å². The van der Waals surface area contributed by atoms with Crippen LogP contribution in [-0.2, 0) is 5.41 Å². The molecule has 3 N–H and O–H groups in total. The summed E-state index contributed by atoms with van der Waals surface area (Å²) in [4.78, 5) is 17.4. The number of anilines is 1. The van der Waals surface area contributed by atoms with Gasteiger partial charge in [0.1, 0.15) is 5.82 Å². The summed E-state index contributed by atoms with van der Waals surface area (Å²) < 4.78 is 24.7. The Bertz CT molecular complexity index is 486. The summed E-state index contributed by atoms with van der Waals surface area (Å²) in [6, 6.07) is 3.05. The van der Waals surface area contributed by atoms with Crippen LogP contribution in [0.3, 0.4) is 0 Å². The zero-order valence-electron chi connectivity index (χ0n) is 12.1. The third kappa shape index (κ3) is 4.12. The maximum Gasteiger partial charge on any atom is 0.255 e. The van der Waals surface area contributed by atoms with E-state index in [-0.39, 0.29) is 11.0 Å². The first-order chi connectivity index (χ1) is 9.15. The minimum absolute atomic E-state index is 0.279. The molecule has 0 aromatic carbocycles. The fourth-order valence-electron chi connectivity index (χ4n) is 1.62. The van der Waals surface area contributed by atoms with Crippen LogP contribution < -0.4 is 11.3 Å². The highest BCUT2D eigenvalue weighted by atomic mass is 19.3. The molecule has 1 rings (SSSR count). The van der Waals surface area contributed by atoms with Gasteiger partial charge in [-0.3, -0.25) is 4.79 Å². The molecular weight excluding hydrogens is 266 g/mol. The van der Waals surface area contributed by atoms with Crippen molar-refractivity contribution in [2.24, 2.45) is 5.84 Å². The van der Waals surface area contributed by atoms with Crippen LogP contribution in [0, 0.1) is 0 Å². The van der Waals surface area contributed by atoms with Crippen LogP contribution >= 0.6 is 0 Å². The molecule has 0 atom stereocenters. The SMILES string of the molecule is CN(CC(F)F)C(=O)c1cc(NN)nc(C(C)(C)C)c1. The van der Waals surface area contributed by atoms with Crippen molar-refractivity contribution in [2.45, 2.75) is 32.6 Å². The maximum absolute atomic E-state index is 12.3. The predicted molar refractivity (Wildman–Crippen MR) is 73.7 cm³/mol. The zero-order valence-corrected chi connectivity index (χ0v) is 12.1. The third-order valence-corrected chi connectivity index (χ3v) is 2.75. The monoisotopic (exact) mass is 286 g/mol. The number of carbonyl (C=O) groups excluding carboxylic acids is 1. The van der Waals surface area contributed by atoms with Gasteiger partial charge in [0.25, 0.3) is 12.3 Å². The Morgan fingerprint density at radius 1 is 1.45 bits per heavy atom. The number of rotatable bonds is 4. The number of hydrazine groups is 1. The first-order valence-corrected chi connectivity index (χ1v) is 6.18. The van der Waals surface area contributed by atoms with E-state index >= 15 is 0 Å². The molecule has 5 nitrogen and oxygen atoms in total. The van der Waals surface area contributed by atoms with Crippen LogP contribution in [0.1, 0.15) is 36.8 Å². The van der Waals surface area contributed by atoms with Gasteiger partial charge in [0, 0.05) is 23.7 Å². The number of nitrogens with one attached hydrogen (secondary N) is 1. The molecule has 0 aliphatic carbocycles. The lowest BCUT2D eigenvalue weighted by Crippen LogP contribution is -2.32. The van der Waals surface area contributed by atoms with Crippen LogP contribution in [0.5, 0.6) is 0 Å². The van der Waals surface area contributed by atoms with Crippen molar-refractivity contribution in [3.05, 3.63) is 23.4 Å². The summed E-state index contributed by atoms with van der Waals surface area (Å²) in [6.07, 6.45) is -2.57. The molecule has 0 unspecified atom stereocenters. The quantitative estimate of drug-likeness (QED) is 0.656. The van der Waals surface area contributed by atoms with E-state index in [9.17, 15) is 13.6 Å². The summed E-state index contributed by atoms with van der Waals surface area (Å²) in [6.45, 7) is 5.20. The molecule has 0 radical (unpaired) electrons. The van der Waals surface area contributed by atoms with Crippen LogP contribution in [0.4, 0.5) is 14.6 Å².